The van der Waals surface area contributed by atoms with E-state index in [-0.39, 0.29) is 19.1 Å². The summed E-state index contributed by atoms with van der Waals surface area (Å²) < 4.78 is 11.9. The number of fused-ring (bicyclic) bond motifs is 5. The Kier molecular flexibility index (Phi) is 7.39. The largest absolute Gasteiger partial charge is 0.480 e. The number of aromatic nitrogens is 2. The first-order valence-electron chi connectivity index (χ1n) is 13.9. The number of nitrogens with one attached hydrogen (secondary N) is 1. The number of benzene rings is 1. The summed E-state index contributed by atoms with van der Waals surface area (Å²) in [5, 5.41) is 12.7. The molecule has 2 aromatic rings. The number of aliphatic carboxylic acids is 1. The number of carbonyl (C=O) groups is 3. The Labute approximate surface area is 228 Å². The molecule has 3 heterocycles. The van der Waals surface area contributed by atoms with Crippen LogP contribution in [0, 0.1) is 18.3 Å². The van der Waals surface area contributed by atoms with Gasteiger partial charge in [-0.2, -0.15) is 0 Å². The van der Waals surface area contributed by atoms with Crippen LogP contribution in [0.4, 0.5) is 4.79 Å². The summed E-state index contributed by atoms with van der Waals surface area (Å²) in [4.78, 5) is 49.7. The van der Waals surface area contributed by atoms with Crippen LogP contribution in [0.1, 0.15) is 70.6 Å². The van der Waals surface area contributed by atoms with Gasteiger partial charge in [-0.3, -0.25) is 4.79 Å². The summed E-state index contributed by atoms with van der Waals surface area (Å²) in [6.07, 6.45) is 4.16. The van der Waals surface area contributed by atoms with E-state index in [1.165, 1.54) is 4.90 Å². The number of alkyl carbamates (subject to hydrolysis) is 1. The van der Waals surface area contributed by atoms with Gasteiger partial charge in [0.2, 0.25) is 11.8 Å². The summed E-state index contributed by atoms with van der Waals surface area (Å²) in [6.45, 7) is 7.56. The highest BCUT2D eigenvalue weighted by atomic mass is 16.6. The minimum absolute atomic E-state index is 0.0663. The lowest BCUT2D eigenvalue weighted by Crippen LogP contribution is -2.57. The van der Waals surface area contributed by atoms with E-state index in [4.69, 9.17) is 19.4 Å². The first-order valence-corrected chi connectivity index (χ1v) is 13.9. The van der Waals surface area contributed by atoms with E-state index in [1.54, 1.807) is 0 Å². The van der Waals surface area contributed by atoms with Crippen LogP contribution in [0.2, 0.25) is 0 Å². The smallest absolute Gasteiger partial charge is 0.408 e. The normalized spacial score (nSPS) is 28.3. The van der Waals surface area contributed by atoms with Crippen LogP contribution in [-0.2, 0) is 20.7 Å². The molecule has 5 atom stereocenters. The lowest BCUT2D eigenvalue weighted by molar-refractivity contribution is -0.150. The summed E-state index contributed by atoms with van der Waals surface area (Å²) in [7, 11) is 0. The fraction of sp³-hybridized carbons (Fsp3) is 0.621. The Balaban J connectivity index is 1.47. The number of hydrogen-bond acceptors (Lipinski definition) is 7. The summed E-state index contributed by atoms with van der Waals surface area (Å²) in [5.41, 5.74) is 2.64. The van der Waals surface area contributed by atoms with Crippen molar-refractivity contribution in [2.75, 3.05) is 6.54 Å². The lowest BCUT2D eigenvalue weighted by atomic mass is 9.85. The van der Waals surface area contributed by atoms with Gasteiger partial charge in [0.05, 0.1) is 17.6 Å². The number of hydrogen-bond donors (Lipinski definition) is 2. The van der Waals surface area contributed by atoms with Crippen molar-refractivity contribution in [3.63, 3.8) is 0 Å². The lowest BCUT2D eigenvalue weighted by Gasteiger charge is -2.34. The molecular formula is C29H38N4O6. The van der Waals surface area contributed by atoms with Gasteiger partial charge in [-0.25, -0.2) is 19.6 Å². The van der Waals surface area contributed by atoms with Gasteiger partial charge in [-0.05, 0) is 61.6 Å². The van der Waals surface area contributed by atoms with Gasteiger partial charge in [-0.1, -0.05) is 39.7 Å². The van der Waals surface area contributed by atoms with Crippen LogP contribution >= 0.6 is 0 Å². The third kappa shape index (κ3) is 6.09. The maximum absolute atomic E-state index is 13.8. The summed E-state index contributed by atoms with van der Waals surface area (Å²) in [5.74, 6) is -0.852. The minimum Gasteiger partial charge on any atom is -0.480 e. The van der Waals surface area contributed by atoms with Crippen molar-refractivity contribution in [3.8, 4) is 5.88 Å². The summed E-state index contributed by atoms with van der Waals surface area (Å²) >= 11 is 0. The predicted molar refractivity (Wildman–Crippen MR) is 143 cm³/mol. The van der Waals surface area contributed by atoms with E-state index in [9.17, 15) is 19.5 Å². The molecule has 2 aliphatic heterocycles. The number of rotatable bonds is 1. The van der Waals surface area contributed by atoms with E-state index in [2.05, 4.69) is 5.32 Å². The quantitative estimate of drug-likeness (QED) is 0.557. The number of carbonyl (C=O) groups excluding carboxylic acids is 2. The van der Waals surface area contributed by atoms with Crippen LogP contribution in [0.5, 0.6) is 5.88 Å². The minimum atomic E-state index is -1.11. The third-order valence-electron chi connectivity index (χ3n) is 7.94. The van der Waals surface area contributed by atoms with Gasteiger partial charge >= 0.3 is 12.1 Å². The number of amides is 2. The van der Waals surface area contributed by atoms with Crippen molar-refractivity contribution in [1.29, 1.82) is 0 Å². The van der Waals surface area contributed by atoms with Gasteiger partial charge in [0.25, 0.3) is 0 Å². The van der Waals surface area contributed by atoms with Crippen molar-refractivity contribution < 1.29 is 29.0 Å². The van der Waals surface area contributed by atoms with Crippen molar-refractivity contribution in [1.82, 2.24) is 20.2 Å². The average molecular weight is 539 g/mol. The molecule has 5 rings (SSSR count). The fourth-order valence-electron chi connectivity index (χ4n) is 5.61. The number of carboxylic acids is 1. The van der Waals surface area contributed by atoms with Gasteiger partial charge < -0.3 is 24.8 Å². The fourth-order valence-corrected chi connectivity index (χ4v) is 5.61. The Morgan fingerprint density at radius 3 is 2.62 bits per heavy atom. The molecule has 2 N–H and O–H groups in total. The maximum Gasteiger partial charge on any atom is 0.408 e. The molecule has 39 heavy (non-hydrogen) atoms. The molecule has 0 spiro atoms. The van der Waals surface area contributed by atoms with Crippen molar-refractivity contribution in [2.45, 2.75) is 96.9 Å². The summed E-state index contributed by atoms with van der Waals surface area (Å²) in [6, 6.07) is 3.86. The zero-order valence-electron chi connectivity index (χ0n) is 23.1. The maximum atomic E-state index is 13.8. The SMILES string of the molecule is Cc1ccc2nc3c(nc2c1)OC1C[C@@H](C(=O)O)N(C1)C(=O)C(C(C)(C)C)NC(=O)O[C@@H]1C[C@H]1CCCCC3. The highest BCUT2D eigenvalue weighted by Gasteiger charge is 2.47. The number of ether oxygens (including phenoxy) is 2. The average Bonchev–Trinajstić information content (AvgIpc) is 3.44. The molecule has 1 aliphatic carbocycles. The van der Waals surface area contributed by atoms with Gasteiger partial charge in [0, 0.05) is 6.42 Å². The van der Waals surface area contributed by atoms with Crippen LogP contribution in [-0.4, -0.2) is 68.8 Å². The van der Waals surface area contributed by atoms with Gasteiger partial charge in [0.1, 0.15) is 30.0 Å². The highest BCUT2D eigenvalue weighted by Crippen LogP contribution is 2.39. The first kappa shape index (κ1) is 27.1. The zero-order valence-corrected chi connectivity index (χ0v) is 23.1. The predicted octanol–water partition coefficient (Wildman–Crippen LogP) is 4.02. The van der Waals surface area contributed by atoms with Crippen molar-refractivity contribution in [3.05, 3.63) is 29.5 Å². The molecule has 1 saturated heterocycles. The zero-order chi connectivity index (χ0) is 27.9. The van der Waals surface area contributed by atoms with Crippen LogP contribution in [0.3, 0.4) is 0 Å². The third-order valence-corrected chi connectivity index (χ3v) is 7.94. The van der Waals surface area contributed by atoms with E-state index >= 15 is 0 Å². The molecule has 2 bridgehead atoms. The van der Waals surface area contributed by atoms with E-state index in [0.717, 1.165) is 48.9 Å². The topological polar surface area (TPSA) is 131 Å². The van der Waals surface area contributed by atoms with E-state index in [1.807, 2.05) is 45.9 Å². The number of carboxylic acid groups (broad SMARTS) is 1. The number of nitrogens with zero attached hydrogens (tertiary/aromatic N) is 3. The molecule has 10 nitrogen and oxygen atoms in total. The van der Waals surface area contributed by atoms with Gasteiger partial charge in [0.15, 0.2) is 0 Å². The Morgan fingerprint density at radius 1 is 1.08 bits per heavy atom. The molecule has 0 radical (unpaired) electrons. The molecule has 3 aliphatic rings. The van der Waals surface area contributed by atoms with Crippen LogP contribution in [0.25, 0.3) is 11.0 Å². The molecule has 2 amide bonds. The molecule has 1 aromatic heterocycles. The first-order chi connectivity index (χ1) is 18.5. The molecule has 10 heteroatoms. The second-order valence-electron chi connectivity index (χ2n) is 12.3. The van der Waals surface area contributed by atoms with Crippen LogP contribution < -0.4 is 10.1 Å². The Hall–Kier alpha value is -3.43. The Morgan fingerprint density at radius 2 is 1.87 bits per heavy atom. The number of aryl methyl sites for hydroxylation is 2. The van der Waals surface area contributed by atoms with E-state index in [0.29, 0.717) is 23.7 Å². The Bertz CT molecular complexity index is 1270. The molecule has 2 unspecified atom stereocenters. The van der Waals surface area contributed by atoms with Crippen molar-refractivity contribution >= 4 is 29.0 Å². The molecule has 2 fully saturated rings. The highest BCUT2D eigenvalue weighted by molar-refractivity contribution is 5.90. The van der Waals surface area contributed by atoms with Crippen molar-refractivity contribution in [2.24, 2.45) is 11.3 Å². The molecular weight excluding hydrogens is 500 g/mol. The molecule has 210 valence electrons. The van der Waals surface area contributed by atoms with Gasteiger partial charge in [-0.15, -0.1) is 0 Å². The second-order valence-corrected chi connectivity index (χ2v) is 12.3. The second kappa shape index (κ2) is 10.6. The van der Waals surface area contributed by atoms with E-state index < -0.39 is 41.6 Å². The molecule has 1 aromatic carbocycles. The monoisotopic (exact) mass is 538 g/mol. The van der Waals surface area contributed by atoms with Crippen LogP contribution in [0.15, 0.2) is 18.2 Å². The standard InChI is InChI=1S/C29H38N4O6/c1-16-10-11-19-21(12-16)31-25-20(30-19)9-7-5-6-8-17-13-23(17)39-28(37)32-24(29(2,3)4)26(34)33-15-18(38-25)14-22(33)27(35)36/h10-12,17-18,22-24H,5-9,13-15H2,1-4H3,(H,32,37)(H,35,36)/t17-,18?,22+,23-,24?/m1/s1. The molecule has 1 saturated carbocycles.